The van der Waals surface area contributed by atoms with Crippen LogP contribution in [0.15, 0.2) is 54.9 Å². The van der Waals surface area contributed by atoms with Gasteiger partial charge in [0.1, 0.15) is 0 Å². The Bertz CT molecular complexity index is 1040. The third-order valence-corrected chi connectivity index (χ3v) is 4.88. The molecule has 0 bridgehead atoms. The highest BCUT2D eigenvalue weighted by Gasteiger charge is 2.20. The van der Waals surface area contributed by atoms with Crippen molar-refractivity contribution < 1.29 is 14.3 Å². The summed E-state index contributed by atoms with van der Waals surface area (Å²) < 4.78 is 10.6. The lowest BCUT2D eigenvalue weighted by Gasteiger charge is -2.29. The van der Waals surface area contributed by atoms with Gasteiger partial charge in [-0.1, -0.05) is 18.2 Å². The van der Waals surface area contributed by atoms with Gasteiger partial charge < -0.3 is 19.7 Å². The number of aromatic nitrogens is 2. The van der Waals surface area contributed by atoms with Gasteiger partial charge in [0.15, 0.2) is 11.5 Å². The molecule has 2 aromatic carbocycles. The van der Waals surface area contributed by atoms with Crippen LogP contribution in [0.2, 0.25) is 0 Å². The molecule has 0 atom stereocenters. The molecule has 1 N–H and O–H groups in total. The number of ether oxygens (including phenoxy) is 2. The summed E-state index contributed by atoms with van der Waals surface area (Å²) in [6.45, 7) is 1.06. The standard InChI is InChI=1S/C21H18N4O3/c26-20(24-16-7-8-18-19(10-16)28-13-27-18)15-11-22-21(23-12-15)25-9-3-5-14-4-1-2-6-17(14)25/h1-2,4,6-8,10-12H,3,5,9,13H2,(H,24,26). The molecule has 5 rings (SSSR count). The number of hydrogen-bond donors (Lipinski definition) is 1. The van der Waals surface area contributed by atoms with Crippen LogP contribution in [-0.2, 0) is 6.42 Å². The lowest BCUT2D eigenvalue weighted by atomic mass is 10.0. The Morgan fingerprint density at radius 3 is 2.75 bits per heavy atom. The predicted octanol–water partition coefficient (Wildman–Crippen LogP) is 3.54. The van der Waals surface area contributed by atoms with Crippen molar-refractivity contribution in [3.05, 3.63) is 66.0 Å². The first-order valence-electron chi connectivity index (χ1n) is 9.16. The predicted molar refractivity (Wildman–Crippen MR) is 104 cm³/mol. The first-order chi connectivity index (χ1) is 13.8. The van der Waals surface area contributed by atoms with Crippen molar-refractivity contribution in [2.45, 2.75) is 12.8 Å². The van der Waals surface area contributed by atoms with Crippen LogP contribution in [0, 0.1) is 0 Å². The molecule has 1 aromatic heterocycles. The van der Waals surface area contributed by atoms with Crippen LogP contribution in [0.25, 0.3) is 0 Å². The fraction of sp³-hybridized carbons (Fsp3) is 0.190. The maximum absolute atomic E-state index is 12.5. The van der Waals surface area contributed by atoms with Crippen LogP contribution in [0.1, 0.15) is 22.3 Å². The first-order valence-corrected chi connectivity index (χ1v) is 9.16. The number of amides is 1. The molecule has 2 aliphatic rings. The summed E-state index contributed by atoms with van der Waals surface area (Å²) in [6.07, 6.45) is 5.22. The SMILES string of the molecule is O=C(Nc1ccc2c(c1)OCO2)c1cnc(N2CCCc3ccccc32)nc1. The smallest absolute Gasteiger partial charge is 0.258 e. The van der Waals surface area contributed by atoms with Gasteiger partial charge in [0, 0.05) is 36.4 Å². The van der Waals surface area contributed by atoms with Crippen LogP contribution >= 0.6 is 0 Å². The fourth-order valence-electron chi connectivity index (χ4n) is 3.50. The monoisotopic (exact) mass is 374 g/mol. The molecule has 0 aliphatic carbocycles. The highest BCUT2D eigenvalue weighted by molar-refractivity contribution is 6.04. The third-order valence-electron chi connectivity index (χ3n) is 4.88. The lowest BCUT2D eigenvalue weighted by molar-refractivity contribution is 0.102. The van der Waals surface area contributed by atoms with E-state index in [1.54, 1.807) is 30.6 Å². The molecule has 0 fully saturated rings. The Morgan fingerprint density at radius 2 is 1.86 bits per heavy atom. The van der Waals surface area contributed by atoms with Crippen LogP contribution in [0.4, 0.5) is 17.3 Å². The van der Waals surface area contributed by atoms with Gasteiger partial charge in [0.05, 0.1) is 5.56 Å². The molecule has 3 aromatic rings. The Kier molecular flexibility index (Phi) is 4.05. The number of rotatable bonds is 3. The molecular formula is C21H18N4O3. The van der Waals surface area contributed by atoms with E-state index in [-0.39, 0.29) is 12.7 Å². The summed E-state index contributed by atoms with van der Waals surface area (Å²) in [5, 5.41) is 2.83. The van der Waals surface area contributed by atoms with Crippen molar-refractivity contribution in [3.8, 4) is 11.5 Å². The maximum atomic E-state index is 12.5. The molecule has 0 saturated heterocycles. The second-order valence-electron chi connectivity index (χ2n) is 6.68. The number of aryl methyl sites for hydroxylation is 1. The molecule has 0 spiro atoms. The molecule has 140 valence electrons. The summed E-state index contributed by atoms with van der Waals surface area (Å²) in [5.41, 5.74) is 3.45. The van der Waals surface area contributed by atoms with Gasteiger partial charge in [-0.05, 0) is 36.6 Å². The van der Waals surface area contributed by atoms with Gasteiger partial charge in [-0.15, -0.1) is 0 Å². The molecule has 3 heterocycles. The number of carbonyl (C=O) groups excluding carboxylic acids is 1. The van der Waals surface area contributed by atoms with Gasteiger partial charge in [-0.3, -0.25) is 4.79 Å². The first kappa shape index (κ1) is 16.6. The normalized spacial score (nSPS) is 14.5. The summed E-state index contributed by atoms with van der Waals surface area (Å²) in [4.78, 5) is 23.5. The van der Waals surface area contributed by atoms with Gasteiger partial charge in [-0.2, -0.15) is 0 Å². The van der Waals surface area contributed by atoms with E-state index in [1.165, 1.54) is 5.56 Å². The van der Waals surface area contributed by atoms with Gasteiger partial charge in [0.2, 0.25) is 12.7 Å². The second-order valence-corrected chi connectivity index (χ2v) is 6.68. The highest BCUT2D eigenvalue weighted by atomic mass is 16.7. The average molecular weight is 374 g/mol. The molecule has 7 heteroatoms. The Hall–Kier alpha value is -3.61. The molecule has 7 nitrogen and oxygen atoms in total. The van der Waals surface area contributed by atoms with Crippen LogP contribution < -0.4 is 19.7 Å². The van der Waals surface area contributed by atoms with E-state index in [1.807, 2.05) is 12.1 Å². The molecule has 0 unspecified atom stereocenters. The zero-order chi connectivity index (χ0) is 18.9. The van der Waals surface area contributed by atoms with E-state index in [2.05, 4.69) is 32.3 Å². The maximum Gasteiger partial charge on any atom is 0.258 e. The number of nitrogens with one attached hydrogen (secondary N) is 1. The minimum Gasteiger partial charge on any atom is -0.454 e. The Labute approximate surface area is 161 Å². The minimum atomic E-state index is -0.274. The summed E-state index contributed by atoms with van der Waals surface area (Å²) in [7, 11) is 0. The van der Waals surface area contributed by atoms with Crippen LogP contribution in [0.5, 0.6) is 11.5 Å². The van der Waals surface area contributed by atoms with Crippen molar-refractivity contribution >= 4 is 23.2 Å². The summed E-state index contributed by atoms with van der Waals surface area (Å²) in [6, 6.07) is 13.6. The minimum absolute atomic E-state index is 0.196. The average Bonchev–Trinajstić information content (AvgIpc) is 3.21. The van der Waals surface area contributed by atoms with Crippen LogP contribution in [-0.4, -0.2) is 29.2 Å². The van der Waals surface area contributed by atoms with Gasteiger partial charge in [0.25, 0.3) is 5.91 Å². The van der Waals surface area contributed by atoms with Gasteiger partial charge >= 0.3 is 0 Å². The lowest BCUT2D eigenvalue weighted by Crippen LogP contribution is -2.26. The van der Waals surface area contributed by atoms with E-state index in [0.717, 1.165) is 25.1 Å². The fourth-order valence-corrected chi connectivity index (χ4v) is 3.50. The highest BCUT2D eigenvalue weighted by Crippen LogP contribution is 2.34. The quantitative estimate of drug-likeness (QED) is 0.756. The van der Waals surface area contributed by atoms with Gasteiger partial charge in [-0.25, -0.2) is 9.97 Å². The number of nitrogens with zero attached hydrogens (tertiary/aromatic N) is 3. The van der Waals surface area contributed by atoms with E-state index >= 15 is 0 Å². The van der Waals surface area contributed by atoms with Crippen molar-refractivity contribution in [1.29, 1.82) is 0 Å². The Balaban J connectivity index is 1.33. The Morgan fingerprint density at radius 1 is 1.04 bits per heavy atom. The zero-order valence-electron chi connectivity index (χ0n) is 15.1. The topological polar surface area (TPSA) is 76.6 Å². The van der Waals surface area contributed by atoms with Crippen molar-refractivity contribution in [1.82, 2.24) is 9.97 Å². The van der Waals surface area contributed by atoms with E-state index in [0.29, 0.717) is 28.7 Å². The van der Waals surface area contributed by atoms with Crippen molar-refractivity contribution in [3.63, 3.8) is 0 Å². The second kappa shape index (κ2) is 6.84. The number of carbonyl (C=O) groups is 1. The van der Waals surface area contributed by atoms with E-state index in [4.69, 9.17) is 9.47 Å². The largest absolute Gasteiger partial charge is 0.454 e. The van der Waals surface area contributed by atoms with E-state index < -0.39 is 0 Å². The summed E-state index contributed by atoms with van der Waals surface area (Å²) in [5.74, 6) is 1.62. The molecule has 0 saturated carbocycles. The van der Waals surface area contributed by atoms with Crippen LogP contribution in [0.3, 0.4) is 0 Å². The number of para-hydroxylation sites is 1. The third kappa shape index (κ3) is 3.00. The molecule has 28 heavy (non-hydrogen) atoms. The van der Waals surface area contributed by atoms with Crippen molar-refractivity contribution in [2.24, 2.45) is 0 Å². The number of fused-ring (bicyclic) bond motifs is 2. The number of hydrogen-bond acceptors (Lipinski definition) is 6. The molecule has 2 aliphatic heterocycles. The van der Waals surface area contributed by atoms with E-state index in [9.17, 15) is 4.79 Å². The summed E-state index contributed by atoms with van der Waals surface area (Å²) >= 11 is 0. The number of benzene rings is 2. The number of anilines is 3. The molecule has 0 radical (unpaired) electrons. The van der Waals surface area contributed by atoms with Crippen molar-refractivity contribution in [2.75, 3.05) is 23.6 Å². The molecule has 1 amide bonds. The molecular weight excluding hydrogens is 356 g/mol. The zero-order valence-corrected chi connectivity index (χ0v) is 15.1.